The average molecular weight is 251 g/mol. The Kier molecular flexibility index (Phi) is 3.78. The maximum Gasteiger partial charge on any atom is 0.128 e. The molecule has 1 aliphatic rings. The van der Waals surface area contributed by atoms with E-state index in [-0.39, 0.29) is 11.6 Å². The van der Waals surface area contributed by atoms with Gasteiger partial charge in [0.05, 0.1) is 6.61 Å². The Bertz CT molecular complexity index is 418. The van der Waals surface area contributed by atoms with Crippen LogP contribution in [0.4, 0.5) is 0 Å². The lowest BCUT2D eigenvalue weighted by Gasteiger charge is -2.36. The molecule has 0 fully saturated rings. The van der Waals surface area contributed by atoms with Crippen LogP contribution in [0.5, 0.6) is 11.5 Å². The first-order valence-electron chi connectivity index (χ1n) is 6.22. The van der Waals surface area contributed by atoms with Crippen molar-refractivity contribution in [3.63, 3.8) is 0 Å². The van der Waals surface area contributed by atoms with Crippen molar-refractivity contribution in [3.8, 4) is 11.5 Å². The van der Waals surface area contributed by atoms with Gasteiger partial charge in [-0.3, -0.25) is 0 Å². The summed E-state index contributed by atoms with van der Waals surface area (Å²) < 4.78 is 16.5. The molecule has 2 N–H and O–H groups in total. The standard InChI is InChI=1S/C14H21NO3/c1-14(2)9-12(15)11-5-4-10(8-13(11)18-14)17-7-6-16-3/h4-5,8,12H,6-7,9,15H2,1-3H3. The van der Waals surface area contributed by atoms with Crippen LogP contribution in [0.25, 0.3) is 0 Å². The molecule has 1 aromatic carbocycles. The van der Waals surface area contributed by atoms with Crippen LogP contribution in [0.2, 0.25) is 0 Å². The topological polar surface area (TPSA) is 53.7 Å². The molecule has 0 bridgehead atoms. The zero-order valence-electron chi connectivity index (χ0n) is 11.2. The van der Waals surface area contributed by atoms with E-state index in [0.717, 1.165) is 23.5 Å². The molecule has 0 saturated carbocycles. The largest absolute Gasteiger partial charge is 0.491 e. The van der Waals surface area contributed by atoms with Crippen molar-refractivity contribution >= 4 is 0 Å². The number of fused-ring (bicyclic) bond motifs is 1. The molecule has 0 aromatic heterocycles. The number of ether oxygens (including phenoxy) is 3. The number of nitrogens with two attached hydrogens (primary N) is 1. The third kappa shape index (κ3) is 2.94. The molecule has 0 radical (unpaired) electrons. The van der Waals surface area contributed by atoms with E-state index in [1.54, 1.807) is 7.11 Å². The number of methoxy groups -OCH3 is 1. The van der Waals surface area contributed by atoms with Gasteiger partial charge in [0.1, 0.15) is 23.7 Å². The van der Waals surface area contributed by atoms with Gasteiger partial charge in [-0.2, -0.15) is 0 Å². The molecule has 4 heteroatoms. The summed E-state index contributed by atoms with van der Waals surface area (Å²) in [5.74, 6) is 1.62. The first kappa shape index (κ1) is 13.2. The Balaban J connectivity index is 2.15. The zero-order valence-corrected chi connectivity index (χ0v) is 11.2. The van der Waals surface area contributed by atoms with Crippen LogP contribution in [0, 0.1) is 0 Å². The van der Waals surface area contributed by atoms with Gasteiger partial charge >= 0.3 is 0 Å². The Labute approximate surface area is 108 Å². The molecule has 0 saturated heterocycles. The number of hydrogen-bond acceptors (Lipinski definition) is 4. The number of hydrogen-bond donors (Lipinski definition) is 1. The fraction of sp³-hybridized carbons (Fsp3) is 0.571. The summed E-state index contributed by atoms with van der Waals surface area (Å²) in [5.41, 5.74) is 6.98. The Morgan fingerprint density at radius 2 is 2.17 bits per heavy atom. The highest BCUT2D eigenvalue weighted by molar-refractivity contribution is 5.44. The van der Waals surface area contributed by atoms with Crippen molar-refractivity contribution in [1.29, 1.82) is 0 Å². The minimum absolute atomic E-state index is 0.0248. The normalized spacial score (nSPS) is 21.0. The van der Waals surface area contributed by atoms with Crippen LogP contribution in [0.3, 0.4) is 0 Å². The Hall–Kier alpha value is -1.26. The minimum Gasteiger partial charge on any atom is -0.491 e. The summed E-state index contributed by atoms with van der Waals surface area (Å²) in [6, 6.07) is 5.84. The zero-order chi connectivity index (χ0) is 13.2. The monoisotopic (exact) mass is 251 g/mol. The summed E-state index contributed by atoms with van der Waals surface area (Å²) in [6.07, 6.45) is 0.823. The van der Waals surface area contributed by atoms with E-state index >= 15 is 0 Å². The third-order valence-electron chi connectivity index (χ3n) is 3.04. The highest BCUT2D eigenvalue weighted by Crippen LogP contribution is 2.39. The molecule has 1 unspecified atom stereocenters. The smallest absolute Gasteiger partial charge is 0.128 e. The molecule has 1 aliphatic heterocycles. The van der Waals surface area contributed by atoms with E-state index in [2.05, 4.69) is 0 Å². The summed E-state index contributed by atoms with van der Waals surface area (Å²) in [6.45, 7) is 5.20. The lowest BCUT2D eigenvalue weighted by molar-refractivity contribution is 0.0722. The fourth-order valence-electron chi connectivity index (χ4n) is 2.22. The van der Waals surface area contributed by atoms with Gasteiger partial charge in [-0.15, -0.1) is 0 Å². The lowest BCUT2D eigenvalue weighted by Crippen LogP contribution is -2.37. The molecular formula is C14H21NO3. The lowest BCUT2D eigenvalue weighted by atomic mass is 9.90. The Morgan fingerprint density at radius 1 is 1.39 bits per heavy atom. The van der Waals surface area contributed by atoms with Crippen molar-refractivity contribution in [2.45, 2.75) is 31.9 Å². The van der Waals surface area contributed by atoms with Crippen LogP contribution in [-0.2, 0) is 4.74 Å². The van der Waals surface area contributed by atoms with E-state index in [1.165, 1.54) is 0 Å². The second-order valence-electron chi connectivity index (χ2n) is 5.21. The predicted molar refractivity (Wildman–Crippen MR) is 70.1 cm³/mol. The second kappa shape index (κ2) is 5.16. The van der Waals surface area contributed by atoms with Crippen LogP contribution < -0.4 is 15.2 Å². The van der Waals surface area contributed by atoms with Crippen molar-refractivity contribution < 1.29 is 14.2 Å². The molecule has 0 spiro atoms. The molecule has 100 valence electrons. The van der Waals surface area contributed by atoms with Crippen molar-refractivity contribution in [3.05, 3.63) is 23.8 Å². The van der Waals surface area contributed by atoms with E-state index < -0.39 is 0 Å². The molecule has 1 heterocycles. The highest BCUT2D eigenvalue weighted by atomic mass is 16.5. The van der Waals surface area contributed by atoms with Crippen molar-refractivity contribution in [2.24, 2.45) is 5.73 Å². The van der Waals surface area contributed by atoms with Gasteiger partial charge in [-0.25, -0.2) is 0 Å². The Morgan fingerprint density at radius 3 is 2.89 bits per heavy atom. The van der Waals surface area contributed by atoms with Gasteiger partial charge in [0.15, 0.2) is 0 Å². The minimum atomic E-state index is -0.225. The first-order chi connectivity index (χ1) is 8.52. The van der Waals surface area contributed by atoms with Gasteiger partial charge < -0.3 is 19.9 Å². The van der Waals surface area contributed by atoms with E-state index in [0.29, 0.717) is 13.2 Å². The number of rotatable bonds is 4. The molecule has 1 aromatic rings. The first-order valence-corrected chi connectivity index (χ1v) is 6.22. The van der Waals surface area contributed by atoms with Gasteiger partial charge in [0, 0.05) is 31.2 Å². The van der Waals surface area contributed by atoms with E-state index in [1.807, 2.05) is 32.0 Å². The van der Waals surface area contributed by atoms with Crippen LogP contribution >= 0.6 is 0 Å². The fourth-order valence-corrected chi connectivity index (χ4v) is 2.22. The van der Waals surface area contributed by atoms with Crippen LogP contribution in [0.1, 0.15) is 31.9 Å². The summed E-state index contributed by atoms with van der Waals surface area (Å²) >= 11 is 0. The summed E-state index contributed by atoms with van der Waals surface area (Å²) in [5, 5.41) is 0. The summed E-state index contributed by atoms with van der Waals surface area (Å²) in [4.78, 5) is 0. The van der Waals surface area contributed by atoms with Gasteiger partial charge in [-0.05, 0) is 19.9 Å². The van der Waals surface area contributed by atoms with Crippen molar-refractivity contribution in [2.75, 3.05) is 20.3 Å². The molecule has 4 nitrogen and oxygen atoms in total. The molecule has 18 heavy (non-hydrogen) atoms. The molecule has 0 aliphatic carbocycles. The van der Waals surface area contributed by atoms with Crippen LogP contribution in [0.15, 0.2) is 18.2 Å². The van der Waals surface area contributed by atoms with Gasteiger partial charge in [0.2, 0.25) is 0 Å². The van der Waals surface area contributed by atoms with E-state index in [4.69, 9.17) is 19.9 Å². The second-order valence-corrected chi connectivity index (χ2v) is 5.21. The molecule has 0 amide bonds. The van der Waals surface area contributed by atoms with Gasteiger partial charge in [-0.1, -0.05) is 6.07 Å². The summed E-state index contributed by atoms with van der Waals surface area (Å²) in [7, 11) is 1.65. The molecule has 2 rings (SSSR count). The van der Waals surface area contributed by atoms with E-state index in [9.17, 15) is 0 Å². The predicted octanol–water partition coefficient (Wildman–Crippen LogP) is 2.27. The number of benzene rings is 1. The molecular weight excluding hydrogens is 230 g/mol. The van der Waals surface area contributed by atoms with Crippen LogP contribution in [-0.4, -0.2) is 25.9 Å². The maximum atomic E-state index is 6.15. The quantitative estimate of drug-likeness (QED) is 0.834. The average Bonchev–Trinajstić information content (AvgIpc) is 2.27. The third-order valence-corrected chi connectivity index (χ3v) is 3.04. The molecule has 1 atom stereocenters. The van der Waals surface area contributed by atoms with Crippen molar-refractivity contribution in [1.82, 2.24) is 0 Å². The maximum absolute atomic E-state index is 6.15. The highest BCUT2D eigenvalue weighted by Gasteiger charge is 2.31. The SMILES string of the molecule is COCCOc1ccc2c(c1)OC(C)(C)CC2N. The van der Waals surface area contributed by atoms with Gasteiger partial charge in [0.25, 0.3) is 0 Å².